The molecule has 0 aromatic heterocycles. The molecule has 2 fully saturated rings. The molecule has 3 atom stereocenters. The highest BCUT2D eigenvalue weighted by Gasteiger charge is 2.36. The largest absolute Gasteiger partial charge is 0.381 e. The van der Waals surface area contributed by atoms with Crippen LogP contribution in [0.5, 0.6) is 0 Å². The Morgan fingerprint density at radius 2 is 2.07 bits per heavy atom. The molecular weight excluding hydrogens is 186 g/mol. The van der Waals surface area contributed by atoms with E-state index in [1.807, 2.05) is 7.11 Å². The zero-order valence-corrected chi connectivity index (χ0v) is 9.49. The van der Waals surface area contributed by atoms with Crippen molar-refractivity contribution in [2.75, 3.05) is 13.7 Å². The van der Waals surface area contributed by atoms with E-state index in [1.54, 1.807) is 0 Å². The SMILES string of the molecule is COC1CC(NCC2CC3C=CC2C3)C1. The highest BCUT2D eigenvalue weighted by molar-refractivity contribution is 5.10. The molecule has 2 heteroatoms. The summed E-state index contributed by atoms with van der Waals surface area (Å²) in [7, 11) is 1.82. The van der Waals surface area contributed by atoms with E-state index in [0.29, 0.717) is 6.10 Å². The summed E-state index contributed by atoms with van der Waals surface area (Å²) in [6.07, 6.45) is 10.7. The van der Waals surface area contributed by atoms with Crippen LogP contribution in [-0.4, -0.2) is 25.8 Å². The fourth-order valence-corrected chi connectivity index (χ4v) is 3.37. The first kappa shape index (κ1) is 9.86. The monoisotopic (exact) mass is 207 g/mol. The number of rotatable bonds is 4. The van der Waals surface area contributed by atoms with Crippen LogP contribution >= 0.6 is 0 Å². The summed E-state index contributed by atoms with van der Waals surface area (Å²) in [4.78, 5) is 0. The quantitative estimate of drug-likeness (QED) is 0.712. The van der Waals surface area contributed by atoms with Crippen molar-refractivity contribution in [3.05, 3.63) is 12.2 Å². The van der Waals surface area contributed by atoms with Crippen LogP contribution in [0.15, 0.2) is 12.2 Å². The number of fused-ring (bicyclic) bond motifs is 2. The minimum atomic E-state index is 0.530. The Hall–Kier alpha value is -0.340. The van der Waals surface area contributed by atoms with Crippen LogP contribution in [0.2, 0.25) is 0 Å². The third-order valence-electron chi connectivity index (χ3n) is 4.51. The maximum absolute atomic E-state index is 5.29. The van der Waals surface area contributed by atoms with Gasteiger partial charge in [-0.25, -0.2) is 0 Å². The highest BCUT2D eigenvalue weighted by Crippen LogP contribution is 2.43. The van der Waals surface area contributed by atoms with E-state index < -0.39 is 0 Å². The van der Waals surface area contributed by atoms with Crippen LogP contribution in [0.4, 0.5) is 0 Å². The summed E-state index contributed by atoms with van der Waals surface area (Å²) >= 11 is 0. The lowest BCUT2D eigenvalue weighted by molar-refractivity contribution is 0.0162. The third kappa shape index (κ3) is 1.85. The van der Waals surface area contributed by atoms with Gasteiger partial charge in [0.05, 0.1) is 6.10 Å². The molecule has 3 unspecified atom stereocenters. The molecule has 84 valence electrons. The lowest BCUT2D eigenvalue weighted by atomic mass is 9.87. The molecule has 2 nitrogen and oxygen atoms in total. The Bertz CT molecular complexity index is 257. The van der Waals surface area contributed by atoms with Crippen LogP contribution in [0.3, 0.4) is 0 Å². The van der Waals surface area contributed by atoms with Crippen molar-refractivity contribution < 1.29 is 4.74 Å². The molecule has 0 aromatic rings. The first-order valence-electron chi connectivity index (χ1n) is 6.29. The lowest BCUT2D eigenvalue weighted by Crippen LogP contribution is -2.46. The second-order valence-electron chi connectivity index (χ2n) is 5.47. The van der Waals surface area contributed by atoms with Crippen LogP contribution in [0.1, 0.15) is 25.7 Å². The van der Waals surface area contributed by atoms with E-state index in [9.17, 15) is 0 Å². The van der Waals surface area contributed by atoms with Crippen molar-refractivity contribution in [1.29, 1.82) is 0 Å². The molecule has 1 N–H and O–H groups in total. The van der Waals surface area contributed by atoms with Gasteiger partial charge in [-0.15, -0.1) is 0 Å². The summed E-state index contributed by atoms with van der Waals surface area (Å²) in [6, 6.07) is 0.734. The van der Waals surface area contributed by atoms with Crippen LogP contribution in [0.25, 0.3) is 0 Å². The van der Waals surface area contributed by atoms with Crippen molar-refractivity contribution in [2.24, 2.45) is 17.8 Å². The van der Waals surface area contributed by atoms with Gasteiger partial charge in [0, 0.05) is 13.2 Å². The van der Waals surface area contributed by atoms with Crippen molar-refractivity contribution >= 4 is 0 Å². The number of hydrogen-bond acceptors (Lipinski definition) is 2. The molecule has 0 spiro atoms. The summed E-state index contributed by atoms with van der Waals surface area (Å²) in [5.41, 5.74) is 0. The number of ether oxygens (including phenoxy) is 1. The number of nitrogens with one attached hydrogen (secondary N) is 1. The molecule has 3 aliphatic carbocycles. The lowest BCUT2D eigenvalue weighted by Gasteiger charge is -2.36. The van der Waals surface area contributed by atoms with Gasteiger partial charge in [-0.05, 0) is 50.0 Å². The zero-order chi connectivity index (χ0) is 10.3. The van der Waals surface area contributed by atoms with Gasteiger partial charge in [0.25, 0.3) is 0 Å². The topological polar surface area (TPSA) is 21.3 Å². The Morgan fingerprint density at radius 1 is 1.20 bits per heavy atom. The molecule has 0 heterocycles. The maximum Gasteiger partial charge on any atom is 0.0601 e. The Balaban J connectivity index is 1.39. The fraction of sp³-hybridized carbons (Fsp3) is 0.846. The summed E-state index contributed by atoms with van der Waals surface area (Å²) in [5.74, 6) is 2.72. The summed E-state index contributed by atoms with van der Waals surface area (Å²) in [6.45, 7) is 1.23. The van der Waals surface area contributed by atoms with E-state index in [0.717, 1.165) is 23.8 Å². The van der Waals surface area contributed by atoms with Crippen LogP contribution in [0, 0.1) is 17.8 Å². The molecule has 3 aliphatic rings. The average molecular weight is 207 g/mol. The summed E-state index contributed by atoms with van der Waals surface area (Å²) in [5, 5.41) is 3.70. The van der Waals surface area contributed by atoms with Crippen molar-refractivity contribution in [2.45, 2.75) is 37.8 Å². The molecule has 15 heavy (non-hydrogen) atoms. The average Bonchev–Trinajstić information content (AvgIpc) is 2.77. The third-order valence-corrected chi connectivity index (χ3v) is 4.51. The standard InChI is InChI=1S/C13H21NO/c1-15-13-6-12(7-13)14-8-11-5-9-2-3-10(11)4-9/h2-3,9-14H,4-8H2,1H3. The number of hydrogen-bond donors (Lipinski definition) is 1. The zero-order valence-electron chi connectivity index (χ0n) is 9.49. The van der Waals surface area contributed by atoms with Gasteiger partial charge in [-0.3, -0.25) is 0 Å². The maximum atomic E-state index is 5.29. The first-order valence-corrected chi connectivity index (χ1v) is 6.29. The molecule has 0 aromatic carbocycles. The molecule has 2 saturated carbocycles. The number of allylic oxidation sites excluding steroid dienone is 2. The van der Waals surface area contributed by atoms with Gasteiger partial charge in [0.1, 0.15) is 0 Å². The van der Waals surface area contributed by atoms with Gasteiger partial charge in [0.15, 0.2) is 0 Å². The van der Waals surface area contributed by atoms with Crippen LogP contribution in [-0.2, 0) is 4.74 Å². The van der Waals surface area contributed by atoms with E-state index >= 15 is 0 Å². The predicted octanol–water partition coefficient (Wildman–Crippen LogP) is 1.97. The minimum absolute atomic E-state index is 0.530. The fourth-order valence-electron chi connectivity index (χ4n) is 3.37. The van der Waals surface area contributed by atoms with Crippen molar-refractivity contribution in [3.8, 4) is 0 Å². The van der Waals surface area contributed by atoms with Gasteiger partial charge in [0.2, 0.25) is 0 Å². The molecular formula is C13H21NO. The molecule has 0 amide bonds. The normalized spacial score (nSPS) is 47.1. The Kier molecular flexibility index (Phi) is 2.57. The van der Waals surface area contributed by atoms with Gasteiger partial charge in [-0.2, -0.15) is 0 Å². The first-order chi connectivity index (χ1) is 7.35. The van der Waals surface area contributed by atoms with Gasteiger partial charge in [-0.1, -0.05) is 12.2 Å². The second-order valence-corrected chi connectivity index (χ2v) is 5.47. The Labute approximate surface area is 92.1 Å². The molecule has 2 bridgehead atoms. The highest BCUT2D eigenvalue weighted by atomic mass is 16.5. The summed E-state index contributed by atoms with van der Waals surface area (Å²) < 4.78 is 5.29. The Morgan fingerprint density at radius 3 is 2.67 bits per heavy atom. The van der Waals surface area contributed by atoms with E-state index in [-0.39, 0.29) is 0 Å². The van der Waals surface area contributed by atoms with Crippen molar-refractivity contribution in [3.63, 3.8) is 0 Å². The molecule has 0 radical (unpaired) electrons. The van der Waals surface area contributed by atoms with E-state index in [1.165, 1.54) is 32.2 Å². The van der Waals surface area contributed by atoms with Crippen molar-refractivity contribution in [1.82, 2.24) is 5.32 Å². The van der Waals surface area contributed by atoms with Gasteiger partial charge >= 0.3 is 0 Å². The van der Waals surface area contributed by atoms with E-state index in [4.69, 9.17) is 4.74 Å². The molecule has 3 rings (SSSR count). The smallest absolute Gasteiger partial charge is 0.0601 e. The predicted molar refractivity (Wildman–Crippen MR) is 60.7 cm³/mol. The number of methoxy groups -OCH3 is 1. The molecule has 0 saturated heterocycles. The van der Waals surface area contributed by atoms with Crippen LogP contribution < -0.4 is 5.32 Å². The van der Waals surface area contributed by atoms with E-state index in [2.05, 4.69) is 17.5 Å². The van der Waals surface area contributed by atoms with Gasteiger partial charge < -0.3 is 10.1 Å². The molecule has 0 aliphatic heterocycles. The minimum Gasteiger partial charge on any atom is -0.381 e. The second kappa shape index (κ2) is 3.91.